The van der Waals surface area contributed by atoms with Gasteiger partial charge in [0.15, 0.2) is 0 Å². The molecule has 0 aliphatic rings. The molecule has 0 bridgehead atoms. The van der Waals surface area contributed by atoms with E-state index in [1.165, 1.54) is 133 Å². The number of hydrogen-bond donors (Lipinski definition) is 0. The summed E-state index contributed by atoms with van der Waals surface area (Å²) in [5, 5.41) is 4.78. The Morgan fingerprint density at radius 1 is 0.173 bits per heavy atom. The highest BCUT2D eigenvalue weighted by Crippen LogP contribution is 2.49. The van der Waals surface area contributed by atoms with Crippen LogP contribution in [0.15, 0.2) is 494 Å². The van der Waals surface area contributed by atoms with Gasteiger partial charge in [0.25, 0.3) is 0 Å². The maximum atomic E-state index is 3.68. The molecule has 0 unspecified atom stereocenters. The number of halogens is 2. The summed E-state index contributed by atoms with van der Waals surface area (Å²) in [5.74, 6) is 0. The van der Waals surface area contributed by atoms with Gasteiger partial charge in [0, 0.05) is 87.4 Å². The van der Waals surface area contributed by atoms with E-state index in [1.54, 1.807) is 0 Å². The highest BCUT2D eigenvalue weighted by Gasteiger charge is 2.28. The Kier molecular flexibility index (Phi) is 24.3. The third kappa shape index (κ3) is 17.9. The molecule has 0 amide bonds. The van der Waals surface area contributed by atoms with Gasteiger partial charge >= 0.3 is 0 Å². The molecular weight excluding hydrogens is 1820 g/mol. The fourth-order valence-corrected chi connectivity index (χ4v) is 21.3. The van der Waals surface area contributed by atoms with Crippen molar-refractivity contribution < 1.29 is 0 Å². The minimum atomic E-state index is 0.967. The first-order chi connectivity index (χ1) is 68.2. The predicted octanol–water partition coefficient (Wildman–Crippen LogP) is 37.0. The van der Waals surface area contributed by atoms with E-state index in [4.69, 9.17) is 0 Å². The average Bonchev–Trinajstić information content (AvgIpc) is 1.48. The molecule has 0 spiro atoms. The summed E-state index contributed by atoms with van der Waals surface area (Å²) in [7, 11) is 0. The molecule has 0 saturated carbocycles. The first-order valence-electron chi connectivity index (χ1n) is 47.6. The Balaban J connectivity index is 0.000000157. The van der Waals surface area contributed by atoms with Crippen LogP contribution in [0.5, 0.6) is 0 Å². The van der Waals surface area contributed by atoms with Gasteiger partial charge in [-0.15, -0.1) is 0 Å². The zero-order valence-electron chi connectivity index (χ0n) is 78.3. The van der Waals surface area contributed by atoms with Crippen molar-refractivity contribution in [3.05, 3.63) is 539 Å². The van der Waals surface area contributed by atoms with Crippen LogP contribution in [0.4, 0.5) is 34.1 Å². The first-order valence-corrected chi connectivity index (χ1v) is 49.1. The van der Waals surface area contributed by atoms with Gasteiger partial charge in [0.1, 0.15) is 0 Å². The lowest BCUT2D eigenvalue weighted by Crippen LogP contribution is -2.11. The van der Waals surface area contributed by atoms with Crippen LogP contribution in [0.25, 0.3) is 155 Å². The number of anilines is 6. The first kappa shape index (κ1) is 87.9. The van der Waals surface area contributed by atoms with E-state index in [1.807, 2.05) is 0 Å². The summed E-state index contributed by atoms with van der Waals surface area (Å²) < 4.78 is 11.9. The Labute approximate surface area is 829 Å². The smallest absolute Gasteiger partial charge is 0.0803 e. The molecule has 139 heavy (non-hydrogen) atoms. The predicted molar refractivity (Wildman–Crippen MR) is 597 cm³/mol. The number of para-hydroxylation sites is 4. The summed E-state index contributed by atoms with van der Waals surface area (Å²) >= 11 is 7.36. The van der Waals surface area contributed by atoms with E-state index in [2.05, 4.69) is 587 Å². The van der Waals surface area contributed by atoms with Crippen LogP contribution < -0.4 is 9.80 Å². The average molecular weight is 1920 g/mol. The standard InChI is InChI=1S/C78H60N4.C27H24.C26H16Br2N2/c1-53-41-54(2)44-71(43-53)79(67-35-19-29-63(49-67)61-27-17-25-59(47-61)57-21-9-5-10-22-57)69-37-39-73-75(51-69)81(65-31-13-7-14-32-65)78-74-40-38-70(52-76(74)82(77(73)78)66-33-15-8-16-34-66)80(72-45-55(3)42-56(4)46-72)68-36-20-30-64(50-68)62-28-18-26-60(48-62)58-23-11-6-12-24-58;1-20-14-21(2)16-23(15-20)17-22-8-6-11-25(18-22)27-13-7-12-26(19-27)24-9-4-3-5-10-24;27-17-11-13-21-23(15-17)29(19-7-3-1-4-8-19)25-22-14-12-18(28)16-24(22)30(26(21)25)20-9-5-2-6-10-20/h5-52H,1-4H3;3-16,18-19H,17H2,1-2H3;1-16H. The molecule has 0 aliphatic carbocycles. The second kappa shape index (κ2) is 38.4. The SMILES string of the molecule is Brc1ccc2c(c1)n(-c1ccccc1)c1c3ccc(Br)cc3n(-c3ccccc3)c21.Cc1cc(C)cc(Cc2cccc(-c3cccc(-c4ccccc4)c3)c2)c1.Cc1cc(C)cc(N(c2cccc(-c3cccc(-c4ccccc4)c3)c2)c2ccc3c(c2)n(-c2ccccc2)c2c4ccc(N(c5cc(C)cc(C)c5)c5cccc(-c6cccc(-c7ccccc7)c6)c5)cc4n(-c4ccccc4)c32)c1. The lowest BCUT2D eigenvalue weighted by atomic mass is 9.95. The molecule has 20 aromatic carbocycles. The van der Waals surface area contributed by atoms with Crippen LogP contribution in [0.2, 0.25) is 0 Å². The molecule has 8 heteroatoms. The number of nitrogens with zero attached hydrogens (tertiary/aromatic N) is 6. The number of aromatic nitrogens is 4. The van der Waals surface area contributed by atoms with Gasteiger partial charge in [0.05, 0.1) is 44.1 Å². The van der Waals surface area contributed by atoms with Crippen molar-refractivity contribution in [3.63, 3.8) is 0 Å². The molecule has 0 N–H and O–H groups in total. The normalized spacial score (nSPS) is 11.3. The lowest BCUT2D eigenvalue weighted by Gasteiger charge is -2.27. The number of hydrogen-bond acceptors (Lipinski definition) is 2. The van der Waals surface area contributed by atoms with Crippen LogP contribution in [-0.4, -0.2) is 18.3 Å². The van der Waals surface area contributed by atoms with Crippen molar-refractivity contribution >= 4 is 132 Å². The van der Waals surface area contributed by atoms with Crippen molar-refractivity contribution in [2.75, 3.05) is 9.80 Å². The Bertz CT molecular complexity index is 8200. The highest BCUT2D eigenvalue weighted by molar-refractivity contribution is 9.10. The zero-order valence-corrected chi connectivity index (χ0v) is 81.5. The van der Waals surface area contributed by atoms with Gasteiger partial charge in [-0.2, -0.15) is 0 Å². The lowest BCUT2D eigenvalue weighted by molar-refractivity contribution is 1.17. The molecule has 4 aromatic heterocycles. The third-order valence-electron chi connectivity index (χ3n) is 26.4. The number of benzene rings is 20. The highest BCUT2D eigenvalue weighted by atomic mass is 79.9. The minimum absolute atomic E-state index is 0.967. The van der Waals surface area contributed by atoms with E-state index in [0.717, 1.165) is 116 Å². The van der Waals surface area contributed by atoms with Gasteiger partial charge in [0.2, 0.25) is 0 Å². The van der Waals surface area contributed by atoms with Crippen molar-refractivity contribution in [3.8, 4) is 89.5 Å². The maximum Gasteiger partial charge on any atom is 0.0803 e. The van der Waals surface area contributed by atoms with E-state index in [0.29, 0.717) is 0 Å². The fourth-order valence-electron chi connectivity index (χ4n) is 20.6. The summed E-state index contributed by atoms with van der Waals surface area (Å²) in [6.07, 6.45) is 0.967. The molecule has 0 fully saturated rings. The molecule has 24 aromatic rings. The van der Waals surface area contributed by atoms with Crippen molar-refractivity contribution in [2.45, 2.75) is 48.0 Å². The van der Waals surface area contributed by atoms with Crippen molar-refractivity contribution in [1.82, 2.24) is 18.3 Å². The van der Waals surface area contributed by atoms with Crippen molar-refractivity contribution in [2.24, 2.45) is 0 Å². The molecule has 0 radical (unpaired) electrons. The van der Waals surface area contributed by atoms with Crippen LogP contribution in [0.1, 0.15) is 44.5 Å². The van der Waals surface area contributed by atoms with Crippen LogP contribution in [0, 0.1) is 41.5 Å². The Morgan fingerprint density at radius 3 is 0.727 bits per heavy atom. The largest absolute Gasteiger partial charge is 0.310 e. The summed E-state index contributed by atoms with van der Waals surface area (Å²) in [6, 6.07) is 176. The number of aryl methyl sites for hydroxylation is 6. The third-order valence-corrected chi connectivity index (χ3v) is 27.4. The monoisotopic (exact) mass is 1910 g/mol. The minimum Gasteiger partial charge on any atom is -0.310 e. The zero-order chi connectivity index (χ0) is 94.1. The van der Waals surface area contributed by atoms with Gasteiger partial charge in [-0.05, 0) is 336 Å². The topological polar surface area (TPSA) is 26.2 Å². The molecule has 4 heterocycles. The van der Waals surface area contributed by atoms with Crippen LogP contribution >= 0.6 is 31.9 Å². The van der Waals surface area contributed by atoms with E-state index < -0.39 is 0 Å². The Morgan fingerprint density at radius 2 is 0.410 bits per heavy atom. The molecule has 6 nitrogen and oxygen atoms in total. The van der Waals surface area contributed by atoms with Crippen LogP contribution in [-0.2, 0) is 6.42 Å². The van der Waals surface area contributed by atoms with E-state index in [9.17, 15) is 0 Å². The quantitative estimate of drug-likeness (QED) is 0.0856. The van der Waals surface area contributed by atoms with Crippen LogP contribution in [0.3, 0.4) is 0 Å². The molecule has 0 atom stereocenters. The molecule has 668 valence electrons. The van der Waals surface area contributed by atoms with Gasteiger partial charge in [-0.25, -0.2) is 0 Å². The molecule has 0 aliphatic heterocycles. The summed E-state index contributed by atoms with van der Waals surface area (Å²) in [6.45, 7) is 13.1. The molecule has 24 rings (SSSR count). The van der Waals surface area contributed by atoms with Gasteiger partial charge in [-0.1, -0.05) is 340 Å². The van der Waals surface area contributed by atoms with Gasteiger partial charge in [-0.3, -0.25) is 0 Å². The second-order valence-corrected chi connectivity index (χ2v) is 38.3. The fraction of sp³-hybridized carbons (Fsp3) is 0.0534. The van der Waals surface area contributed by atoms with Crippen molar-refractivity contribution in [1.29, 1.82) is 0 Å². The van der Waals surface area contributed by atoms with E-state index in [-0.39, 0.29) is 0 Å². The molecular formula is C131H100Br2N6. The summed E-state index contributed by atoms with van der Waals surface area (Å²) in [4.78, 5) is 4.87. The molecule has 0 saturated heterocycles. The number of fused-ring (bicyclic) bond motifs is 10. The second-order valence-electron chi connectivity index (χ2n) is 36.5. The number of rotatable bonds is 18. The Hall–Kier alpha value is -16.4. The van der Waals surface area contributed by atoms with Gasteiger partial charge < -0.3 is 28.1 Å². The summed E-state index contributed by atoms with van der Waals surface area (Å²) in [5.41, 5.74) is 45.2. The maximum absolute atomic E-state index is 3.68. The van der Waals surface area contributed by atoms with E-state index >= 15 is 0 Å².